The van der Waals surface area contributed by atoms with Crippen LogP contribution in [0.3, 0.4) is 0 Å². The first kappa shape index (κ1) is 17.9. The quantitative estimate of drug-likeness (QED) is 0.525. The summed E-state index contributed by atoms with van der Waals surface area (Å²) in [5, 5.41) is 0. The summed E-state index contributed by atoms with van der Waals surface area (Å²) in [7, 11) is 1.40. The molecule has 0 aliphatic carbocycles. The van der Waals surface area contributed by atoms with E-state index in [1.807, 2.05) is 24.3 Å². The molecule has 0 saturated heterocycles. The number of ether oxygens (including phenoxy) is 1. The van der Waals surface area contributed by atoms with Gasteiger partial charge >= 0.3 is 5.97 Å². The normalized spacial score (nSPS) is 10.6. The fourth-order valence-corrected chi connectivity index (χ4v) is 3.41. The van der Waals surface area contributed by atoms with Crippen molar-refractivity contribution in [1.29, 1.82) is 0 Å². The second-order valence-corrected chi connectivity index (χ2v) is 6.47. The molecule has 0 N–H and O–H groups in total. The number of hydrogen-bond acceptors (Lipinski definition) is 2. The Balaban J connectivity index is 2.12. The van der Waals surface area contributed by atoms with E-state index < -0.39 is 0 Å². The summed E-state index contributed by atoms with van der Waals surface area (Å²) in [5.41, 5.74) is 8.13. The fraction of sp³-hybridized carbons (Fsp3) is 0.208. The molecule has 0 unspecified atom stereocenters. The highest BCUT2D eigenvalue weighted by atomic mass is 16.5. The Bertz CT molecular complexity index is 908. The van der Waals surface area contributed by atoms with Crippen molar-refractivity contribution in [2.24, 2.45) is 0 Å². The fourth-order valence-electron chi connectivity index (χ4n) is 3.41. The van der Waals surface area contributed by atoms with Gasteiger partial charge in [-0.2, -0.15) is 0 Å². The van der Waals surface area contributed by atoms with E-state index in [9.17, 15) is 4.79 Å². The zero-order chi connectivity index (χ0) is 18.5. The Kier molecular flexibility index (Phi) is 5.52. The molecule has 3 aromatic rings. The molecule has 0 aromatic heterocycles. The van der Waals surface area contributed by atoms with Crippen molar-refractivity contribution in [2.75, 3.05) is 7.11 Å². The average Bonchev–Trinajstić information content (AvgIpc) is 2.68. The molecule has 0 saturated carbocycles. The van der Waals surface area contributed by atoms with Crippen LogP contribution < -0.4 is 0 Å². The molecule has 0 bridgehead atoms. The van der Waals surface area contributed by atoms with Crippen LogP contribution in [0, 0.1) is 6.92 Å². The monoisotopic (exact) mass is 344 g/mol. The maximum atomic E-state index is 11.7. The van der Waals surface area contributed by atoms with Gasteiger partial charge < -0.3 is 4.74 Å². The molecular formula is C24H24O2. The third-order valence-corrected chi connectivity index (χ3v) is 4.73. The highest BCUT2D eigenvalue weighted by Crippen LogP contribution is 2.35. The first-order valence-corrected chi connectivity index (χ1v) is 9.02. The SMILES string of the molecule is CCCc1c(-c2ccc(C(=O)OC)cc2)cccc1-c1ccccc1C. The lowest BCUT2D eigenvalue weighted by Gasteiger charge is -2.17. The number of carbonyl (C=O) groups is 1. The van der Waals surface area contributed by atoms with E-state index in [1.54, 1.807) is 0 Å². The van der Waals surface area contributed by atoms with Crippen molar-refractivity contribution in [3.05, 3.63) is 83.4 Å². The first-order chi connectivity index (χ1) is 12.7. The summed E-state index contributed by atoms with van der Waals surface area (Å²) in [5.74, 6) is -0.306. The molecule has 26 heavy (non-hydrogen) atoms. The van der Waals surface area contributed by atoms with Crippen LogP contribution in [0.25, 0.3) is 22.3 Å². The van der Waals surface area contributed by atoms with Crippen LogP contribution in [0.4, 0.5) is 0 Å². The maximum Gasteiger partial charge on any atom is 0.337 e. The lowest BCUT2D eigenvalue weighted by Crippen LogP contribution is -2.01. The molecule has 0 fully saturated rings. The number of carbonyl (C=O) groups excluding carboxylic acids is 1. The smallest absolute Gasteiger partial charge is 0.337 e. The van der Waals surface area contributed by atoms with E-state index >= 15 is 0 Å². The lowest BCUT2D eigenvalue weighted by molar-refractivity contribution is 0.0601. The third-order valence-electron chi connectivity index (χ3n) is 4.73. The summed E-state index contributed by atoms with van der Waals surface area (Å²) in [4.78, 5) is 11.7. The predicted octanol–water partition coefficient (Wildman–Crippen LogP) is 6.07. The molecule has 2 nitrogen and oxygen atoms in total. The van der Waals surface area contributed by atoms with Crippen LogP contribution in [0.5, 0.6) is 0 Å². The zero-order valence-corrected chi connectivity index (χ0v) is 15.6. The Labute approximate surface area is 155 Å². The van der Waals surface area contributed by atoms with Crippen molar-refractivity contribution in [3.63, 3.8) is 0 Å². The predicted molar refractivity (Wildman–Crippen MR) is 107 cm³/mol. The van der Waals surface area contributed by atoms with Gasteiger partial charge in [-0.05, 0) is 58.9 Å². The molecule has 0 heterocycles. The van der Waals surface area contributed by atoms with E-state index in [0.717, 1.165) is 18.4 Å². The van der Waals surface area contributed by atoms with Crippen molar-refractivity contribution in [3.8, 4) is 22.3 Å². The van der Waals surface area contributed by atoms with Crippen LogP contribution in [0.2, 0.25) is 0 Å². The summed E-state index contributed by atoms with van der Waals surface area (Å²) < 4.78 is 4.80. The van der Waals surface area contributed by atoms with Gasteiger partial charge in [0.05, 0.1) is 12.7 Å². The van der Waals surface area contributed by atoms with Gasteiger partial charge in [-0.15, -0.1) is 0 Å². The Morgan fingerprint density at radius 1 is 0.846 bits per heavy atom. The number of hydrogen-bond donors (Lipinski definition) is 0. The molecule has 0 atom stereocenters. The van der Waals surface area contributed by atoms with Crippen molar-refractivity contribution in [1.82, 2.24) is 0 Å². The van der Waals surface area contributed by atoms with Crippen LogP contribution in [0.15, 0.2) is 66.7 Å². The lowest BCUT2D eigenvalue weighted by atomic mass is 9.88. The van der Waals surface area contributed by atoms with Crippen molar-refractivity contribution >= 4 is 5.97 Å². The van der Waals surface area contributed by atoms with E-state index in [1.165, 1.54) is 34.9 Å². The summed E-state index contributed by atoms with van der Waals surface area (Å²) in [6.45, 7) is 4.36. The number of esters is 1. The average molecular weight is 344 g/mol. The maximum absolute atomic E-state index is 11.7. The van der Waals surface area contributed by atoms with Crippen LogP contribution in [0.1, 0.15) is 34.8 Å². The van der Waals surface area contributed by atoms with E-state index in [4.69, 9.17) is 4.74 Å². The molecule has 0 radical (unpaired) electrons. The molecule has 0 amide bonds. The number of rotatable bonds is 5. The Morgan fingerprint density at radius 2 is 1.50 bits per heavy atom. The second-order valence-electron chi connectivity index (χ2n) is 6.47. The third kappa shape index (κ3) is 3.55. The molecule has 2 heteroatoms. The van der Waals surface area contributed by atoms with Gasteiger partial charge in [-0.25, -0.2) is 4.79 Å². The topological polar surface area (TPSA) is 26.3 Å². The van der Waals surface area contributed by atoms with Gasteiger partial charge in [0.15, 0.2) is 0 Å². The van der Waals surface area contributed by atoms with Gasteiger partial charge in [-0.1, -0.05) is 67.9 Å². The molecular weight excluding hydrogens is 320 g/mol. The highest BCUT2D eigenvalue weighted by Gasteiger charge is 2.13. The van der Waals surface area contributed by atoms with Gasteiger partial charge in [0.2, 0.25) is 0 Å². The standard InChI is InChI=1S/C24H24O2/c1-4-8-22-21(18-13-15-19(16-14-18)24(25)26-3)11-7-12-23(22)20-10-6-5-9-17(20)2/h5-7,9-16H,4,8H2,1-3H3. The molecule has 3 rings (SSSR count). The van der Waals surface area contributed by atoms with E-state index in [2.05, 4.69) is 56.3 Å². The molecule has 3 aromatic carbocycles. The highest BCUT2D eigenvalue weighted by molar-refractivity contribution is 5.90. The van der Waals surface area contributed by atoms with Gasteiger partial charge in [-0.3, -0.25) is 0 Å². The largest absolute Gasteiger partial charge is 0.465 e. The van der Waals surface area contributed by atoms with Crippen LogP contribution in [-0.4, -0.2) is 13.1 Å². The molecule has 0 aliphatic rings. The first-order valence-electron chi connectivity index (χ1n) is 9.02. The molecule has 0 aliphatic heterocycles. The van der Waals surface area contributed by atoms with Crippen molar-refractivity contribution in [2.45, 2.75) is 26.7 Å². The van der Waals surface area contributed by atoms with E-state index in [0.29, 0.717) is 5.56 Å². The Hall–Kier alpha value is -2.87. The van der Waals surface area contributed by atoms with Crippen molar-refractivity contribution < 1.29 is 9.53 Å². The summed E-state index contributed by atoms with van der Waals surface area (Å²) in [6.07, 6.45) is 2.09. The number of benzene rings is 3. The number of methoxy groups -OCH3 is 1. The van der Waals surface area contributed by atoms with Gasteiger partial charge in [0, 0.05) is 0 Å². The van der Waals surface area contributed by atoms with Gasteiger partial charge in [0.25, 0.3) is 0 Å². The van der Waals surface area contributed by atoms with Crippen LogP contribution in [-0.2, 0) is 11.2 Å². The minimum absolute atomic E-state index is 0.306. The summed E-state index contributed by atoms with van der Waals surface area (Å²) >= 11 is 0. The molecule has 132 valence electrons. The minimum Gasteiger partial charge on any atom is -0.465 e. The Morgan fingerprint density at radius 3 is 2.15 bits per heavy atom. The van der Waals surface area contributed by atoms with Crippen LogP contribution >= 0.6 is 0 Å². The minimum atomic E-state index is -0.306. The number of aryl methyl sites for hydroxylation is 1. The van der Waals surface area contributed by atoms with Gasteiger partial charge in [0.1, 0.15) is 0 Å². The second kappa shape index (κ2) is 8.01. The molecule has 0 spiro atoms. The summed E-state index contributed by atoms with van der Waals surface area (Å²) in [6, 6.07) is 22.7. The zero-order valence-electron chi connectivity index (χ0n) is 15.6. The van der Waals surface area contributed by atoms with E-state index in [-0.39, 0.29) is 5.97 Å².